The van der Waals surface area contributed by atoms with E-state index in [0.29, 0.717) is 30.8 Å². The highest BCUT2D eigenvalue weighted by atomic mass is 16.2. The van der Waals surface area contributed by atoms with Gasteiger partial charge in [0.2, 0.25) is 5.91 Å². The van der Waals surface area contributed by atoms with E-state index in [2.05, 4.69) is 10.6 Å². The molecule has 1 saturated heterocycles. The number of nitrogens with zero attached hydrogens (tertiary/aromatic N) is 2. The van der Waals surface area contributed by atoms with Gasteiger partial charge in [0, 0.05) is 31.7 Å². The number of carbonyl (C=O) groups excluding carboxylic acids is 2. The van der Waals surface area contributed by atoms with Gasteiger partial charge in [-0.05, 0) is 43.5 Å². The van der Waals surface area contributed by atoms with Crippen LogP contribution in [0.5, 0.6) is 0 Å². The summed E-state index contributed by atoms with van der Waals surface area (Å²) in [7, 11) is 0. The van der Waals surface area contributed by atoms with E-state index in [-0.39, 0.29) is 11.9 Å². The molecule has 0 saturated carbocycles. The molecule has 1 heterocycles. The molecule has 1 aromatic carbocycles. The average molecular weight is 300 g/mol. The fourth-order valence-corrected chi connectivity index (χ4v) is 2.37. The smallest absolute Gasteiger partial charge is 0.319 e. The zero-order valence-corrected chi connectivity index (χ0v) is 12.5. The van der Waals surface area contributed by atoms with Crippen molar-refractivity contribution in [3.8, 4) is 6.07 Å². The van der Waals surface area contributed by atoms with E-state index in [9.17, 15) is 9.59 Å². The van der Waals surface area contributed by atoms with E-state index in [4.69, 9.17) is 5.26 Å². The minimum atomic E-state index is -0.283. The molecule has 0 aliphatic carbocycles. The van der Waals surface area contributed by atoms with Gasteiger partial charge < -0.3 is 15.5 Å². The van der Waals surface area contributed by atoms with E-state index in [0.717, 1.165) is 25.8 Å². The number of hydrogen-bond acceptors (Lipinski definition) is 3. The van der Waals surface area contributed by atoms with Crippen molar-refractivity contribution in [2.75, 3.05) is 25.0 Å². The van der Waals surface area contributed by atoms with Crippen molar-refractivity contribution in [1.82, 2.24) is 10.2 Å². The maximum Gasteiger partial charge on any atom is 0.319 e. The number of piperidine rings is 1. The molecule has 3 amide bonds. The highest BCUT2D eigenvalue weighted by Crippen LogP contribution is 2.10. The predicted molar refractivity (Wildman–Crippen MR) is 83.2 cm³/mol. The Kier molecular flexibility index (Phi) is 5.78. The second-order valence-electron chi connectivity index (χ2n) is 5.26. The van der Waals surface area contributed by atoms with Gasteiger partial charge >= 0.3 is 6.03 Å². The first-order valence-corrected chi connectivity index (χ1v) is 7.52. The van der Waals surface area contributed by atoms with Crippen molar-refractivity contribution >= 4 is 17.6 Å². The number of nitriles is 1. The summed E-state index contributed by atoms with van der Waals surface area (Å²) in [6.45, 7) is 2.04. The number of benzene rings is 1. The van der Waals surface area contributed by atoms with Crippen LogP contribution in [0.2, 0.25) is 0 Å². The molecule has 1 aromatic rings. The molecule has 2 rings (SSSR count). The van der Waals surface area contributed by atoms with Gasteiger partial charge in [0.1, 0.15) is 0 Å². The number of carbonyl (C=O) groups is 2. The van der Waals surface area contributed by atoms with Gasteiger partial charge in [-0.15, -0.1) is 0 Å². The Morgan fingerprint density at radius 3 is 2.73 bits per heavy atom. The normalized spacial score (nSPS) is 14.3. The molecule has 6 nitrogen and oxygen atoms in total. The highest BCUT2D eigenvalue weighted by molar-refractivity contribution is 5.89. The first-order valence-electron chi connectivity index (χ1n) is 7.52. The molecule has 0 unspecified atom stereocenters. The lowest BCUT2D eigenvalue weighted by atomic mass is 10.1. The minimum absolute atomic E-state index is 0.216. The van der Waals surface area contributed by atoms with Crippen LogP contribution in [0.25, 0.3) is 0 Å². The topological polar surface area (TPSA) is 85.2 Å². The van der Waals surface area contributed by atoms with E-state index < -0.39 is 0 Å². The van der Waals surface area contributed by atoms with Crippen LogP contribution in [0, 0.1) is 11.3 Å². The van der Waals surface area contributed by atoms with Crippen LogP contribution in [0.15, 0.2) is 24.3 Å². The third kappa shape index (κ3) is 4.77. The SMILES string of the molecule is N#Cc1ccc(NC(=O)NCCCN2CCCCC2=O)cc1. The molecule has 0 spiro atoms. The molecule has 6 heteroatoms. The lowest BCUT2D eigenvalue weighted by Crippen LogP contribution is -2.38. The summed E-state index contributed by atoms with van der Waals surface area (Å²) in [5.41, 5.74) is 1.19. The van der Waals surface area contributed by atoms with Crippen LogP contribution in [0.3, 0.4) is 0 Å². The third-order valence-electron chi connectivity index (χ3n) is 3.58. The van der Waals surface area contributed by atoms with Crippen molar-refractivity contribution in [2.45, 2.75) is 25.7 Å². The maximum absolute atomic E-state index is 11.7. The molecule has 1 aliphatic heterocycles. The van der Waals surface area contributed by atoms with Gasteiger partial charge in [-0.3, -0.25) is 4.79 Å². The van der Waals surface area contributed by atoms with E-state index in [1.807, 2.05) is 11.0 Å². The molecule has 0 bridgehead atoms. The van der Waals surface area contributed by atoms with E-state index in [1.54, 1.807) is 24.3 Å². The summed E-state index contributed by atoms with van der Waals surface area (Å²) < 4.78 is 0. The summed E-state index contributed by atoms with van der Waals surface area (Å²) >= 11 is 0. The van der Waals surface area contributed by atoms with Gasteiger partial charge in [0.05, 0.1) is 11.6 Å². The van der Waals surface area contributed by atoms with Crippen LogP contribution >= 0.6 is 0 Å². The molecule has 0 radical (unpaired) electrons. The van der Waals surface area contributed by atoms with Gasteiger partial charge in [0.25, 0.3) is 0 Å². The molecule has 1 aliphatic rings. The van der Waals surface area contributed by atoms with Crippen molar-refractivity contribution in [2.24, 2.45) is 0 Å². The number of hydrogen-bond donors (Lipinski definition) is 2. The Hall–Kier alpha value is -2.55. The zero-order valence-electron chi connectivity index (χ0n) is 12.5. The van der Waals surface area contributed by atoms with Gasteiger partial charge in [-0.1, -0.05) is 0 Å². The molecular weight excluding hydrogens is 280 g/mol. The van der Waals surface area contributed by atoms with Crippen molar-refractivity contribution in [1.29, 1.82) is 5.26 Å². The van der Waals surface area contributed by atoms with Crippen LogP contribution in [0.4, 0.5) is 10.5 Å². The summed E-state index contributed by atoms with van der Waals surface area (Å²) in [5.74, 6) is 0.216. The summed E-state index contributed by atoms with van der Waals surface area (Å²) in [4.78, 5) is 25.2. The van der Waals surface area contributed by atoms with Gasteiger partial charge in [0.15, 0.2) is 0 Å². The largest absolute Gasteiger partial charge is 0.343 e. The van der Waals surface area contributed by atoms with E-state index in [1.165, 1.54) is 0 Å². The molecular formula is C16H20N4O2. The molecule has 0 aromatic heterocycles. The van der Waals surface area contributed by atoms with Crippen molar-refractivity contribution in [3.05, 3.63) is 29.8 Å². The number of nitrogens with one attached hydrogen (secondary N) is 2. The first kappa shape index (κ1) is 15.8. The third-order valence-corrected chi connectivity index (χ3v) is 3.58. The molecule has 22 heavy (non-hydrogen) atoms. The Morgan fingerprint density at radius 2 is 2.05 bits per heavy atom. The van der Waals surface area contributed by atoms with Crippen LogP contribution in [0.1, 0.15) is 31.2 Å². The Morgan fingerprint density at radius 1 is 1.27 bits per heavy atom. The van der Waals surface area contributed by atoms with Crippen molar-refractivity contribution in [3.63, 3.8) is 0 Å². The fourth-order valence-electron chi connectivity index (χ4n) is 2.37. The molecule has 0 atom stereocenters. The fraction of sp³-hybridized carbons (Fsp3) is 0.438. The lowest BCUT2D eigenvalue weighted by Gasteiger charge is -2.26. The standard InChI is InChI=1S/C16H20N4O2/c17-12-13-5-7-14(8-6-13)19-16(22)18-9-3-11-20-10-2-1-4-15(20)21/h5-8H,1-4,9-11H2,(H2,18,19,22). The predicted octanol–water partition coefficient (Wildman–Crippen LogP) is 2.08. The zero-order chi connectivity index (χ0) is 15.8. The van der Waals surface area contributed by atoms with Crippen LogP contribution in [-0.4, -0.2) is 36.5 Å². The summed E-state index contributed by atoms with van der Waals surface area (Å²) in [6.07, 6.45) is 3.44. The number of amides is 3. The Labute approximate surface area is 130 Å². The number of likely N-dealkylation sites (tertiary alicyclic amines) is 1. The first-order chi connectivity index (χ1) is 10.7. The van der Waals surface area contributed by atoms with Crippen LogP contribution in [-0.2, 0) is 4.79 Å². The Bertz CT molecular complexity index is 563. The minimum Gasteiger partial charge on any atom is -0.343 e. The molecule has 1 fully saturated rings. The summed E-state index contributed by atoms with van der Waals surface area (Å²) in [6, 6.07) is 8.41. The lowest BCUT2D eigenvalue weighted by molar-refractivity contribution is -0.133. The van der Waals surface area contributed by atoms with Crippen molar-refractivity contribution < 1.29 is 9.59 Å². The van der Waals surface area contributed by atoms with Gasteiger partial charge in [-0.2, -0.15) is 5.26 Å². The second kappa shape index (κ2) is 8.03. The quantitative estimate of drug-likeness (QED) is 0.816. The summed E-state index contributed by atoms with van der Waals surface area (Å²) in [5, 5.41) is 14.2. The highest BCUT2D eigenvalue weighted by Gasteiger charge is 2.16. The van der Waals surface area contributed by atoms with E-state index >= 15 is 0 Å². The monoisotopic (exact) mass is 300 g/mol. The van der Waals surface area contributed by atoms with Crippen LogP contribution < -0.4 is 10.6 Å². The average Bonchev–Trinajstić information content (AvgIpc) is 2.54. The van der Waals surface area contributed by atoms with Gasteiger partial charge in [-0.25, -0.2) is 4.79 Å². The maximum atomic E-state index is 11.7. The number of urea groups is 1. The number of rotatable bonds is 5. The molecule has 2 N–H and O–H groups in total. The number of anilines is 1. The second-order valence-corrected chi connectivity index (χ2v) is 5.26. The Balaban J connectivity index is 1.65. The molecule has 116 valence electrons.